The second-order valence-electron chi connectivity index (χ2n) is 3.70. The lowest BCUT2D eigenvalue weighted by atomic mass is 10.2. The van der Waals surface area contributed by atoms with E-state index >= 15 is 0 Å². The predicted octanol–water partition coefficient (Wildman–Crippen LogP) is 2.61. The van der Waals surface area contributed by atoms with Crippen molar-refractivity contribution in [2.75, 3.05) is 4.72 Å². The van der Waals surface area contributed by atoms with Gasteiger partial charge in [-0.1, -0.05) is 11.6 Å². The third kappa shape index (κ3) is 3.03. The number of carbonyl (C=O) groups is 1. The van der Waals surface area contributed by atoms with Crippen molar-refractivity contribution in [1.29, 1.82) is 0 Å². The first-order valence-corrected chi connectivity index (χ1v) is 7.82. The first-order valence-electron chi connectivity index (χ1n) is 5.14. The fourth-order valence-corrected chi connectivity index (χ4v) is 3.99. The molecule has 0 unspecified atom stereocenters. The van der Waals surface area contributed by atoms with Crippen LogP contribution in [0.5, 0.6) is 5.75 Å². The summed E-state index contributed by atoms with van der Waals surface area (Å²) >= 11 is 6.51. The Morgan fingerprint density at radius 2 is 1.95 bits per heavy atom. The van der Waals surface area contributed by atoms with Gasteiger partial charge in [0, 0.05) is 6.07 Å². The van der Waals surface area contributed by atoms with Crippen molar-refractivity contribution in [1.82, 2.24) is 0 Å². The molecule has 0 aliphatic carbocycles. The van der Waals surface area contributed by atoms with Crippen LogP contribution in [0.15, 0.2) is 34.5 Å². The van der Waals surface area contributed by atoms with Crippen LogP contribution in [-0.2, 0) is 10.0 Å². The van der Waals surface area contributed by atoms with E-state index in [2.05, 4.69) is 4.72 Å². The van der Waals surface area contributed by atoms with E-state index in [0.717, 1.165) is 29.5 Å². The van der Waals surface area contributed by atoms with Crippen molar-refractivity contribution in [3.05, 3.63) is 40.2 Å². The van der Waals surface area contributed by atoms with E-state index in [0.29, 0.717) is 4.34 Å². The molecule has 3 N–H and O–H groups in total. The molecule has 0 saturated heterocycles. The summed E-state index contributed by atoms with van der Waals surface area (Å²) in [7, 11) is -3.96. The van der Waals surface area contributed by atoms with Gasteiger partial charge in [0.1, 0.15) is 9.96 Å². The fraction of sp³-hybridized carbons (Fsp3) is 0. The lowest BCUT2D eigenvalue weighted by molar-refractivity contribution is 0.0698. The summed E-state index contributed by atoms with van der Waals surface area (Å²) in [6.45, 7) is 0. The molecule has 2 aromatic rings. The molecule has 2 rings (SSSR count). The van der Waals surface area contributed by atoms with Gasteiger partial charge in [0.15, 0.2) is 0 Å². The lowest BCUT2D eigenvalue weighted by Gasteiger charge is -2.09. The predicted molar refractivity (Wildman–Crippen MR) is 75.2 cm³/mol. The Kier molecular flexibility index (Phi) is 3.89. The Morgan fingerprint density at radius 3 is 2.50 bits per heavy atom. The molecule has 0 fully saturated rings. The minimum absolute atomic E-state index is 0.0535. The number of carboxylic acid groups (broad SMARTS) is 1. The average molecular weight is 334 g/mol. The molecule has 9 heteroatoms. The molecule has 0 amide bonds. The molecule has 106 valence electrons. The molecule has 0 radical (unpaired) electrons. The van der Waals surface area contributed by atoms with Gasteiger partial charge in [-0.3, -0.25) is 4.72 Å². The van der Waals surface area contributed by atoms with Crippen LogP contribution in [0.25, 0.3) is 0 Å². The van der Waals surface area contributed by atoms with Crippen LogP contribution in [0, 0.1) is 0 Å². The second kappa shape index (κ2) is 5.31. The number of hydrogen-bond acceptors (Lipinski definition) is 5. The number of thiophene rings is 1. The van der Waals surface area contributed by atoms with Crippen LogP contribution in [0.4, 0.5) is 5.69 Å². The van der Waals surface area contributed by atoms with Crippen molar-refractivity contribution in [2.45, 2.75) is 4.21 Å². The number of halogens is 1. The van der Waals surface area contributed by atoms with E-state index in [1.54, 1.807) is 0 Å². The Bertz CT molecular complexity index is 769. The van der Waals surface area contributed by atoms with E-state index in [4.69, 9.17) is 16.7 Å². The van der Waals surface area contributed by atoms with Crippen molar-refractivity contribution >= 4 is 44.6 Å². The number of rotatable bonds is 4. The number of carboxylic acids is 1. The highest BCUT2D eigenvalue weighted by molar-refractivity contribution is 7.94. The lowest BCUT2D eigenvalue weighted by Crippen LogP contribution is -2.14. The summed E-state index contributed by atoms with van der Waals surface area (Å²) in [6.07, 6.45) is 0. The highest BCUT2D eigenvalue weighted by Crippen LogP contribution is 2.29. The number of phenolic OH excluding ortho intramolecular Hbond substituents is 1. The molecular weight excluding hydrogens is 326 g/mol. The molecule has 20 heavy (non-hydrogen) atoms. The molecule has 0 saturated carbocycles. The molecule has 1 heterocycles. The number of sulfonamides is 1. The largest absolute Gasteiger partial charge is 0.508 e. The summed E-state index contributed by atoms with van der Waals surface area (Å²) in [6, 6.07) is 6.01. The van der Waals surface area contributed by atoms with Gasteiger partial charge < -0.3 is 10.2 Å². The van der Waals surface area contributed by atoms with Crippen molar-refractivity contribution in [3.63, 3.8) is 0 Å². The molecule has 0 bridgehead atoms. The average Bonchev–Trinajstić information content (AvgIpc) is 2.75. The van der Waals surface area contributed by atoms with Crippen molar-refractivity contribution in [2.24, 2.45) is 0 Å². The van der Waals surface area contributed by atoms with E-state index in [-0.39, 0.29) is 21.2 Å². The van der Waals surface area contributed by atoms with Gasteiger partial charge in [0.05, 0.1) is 15.6 Å². The third-order valence-corrected chi connectivity index (χ3v) is 5.38. The Balaban J connectivity index is 2.44. The zero-order valence-corrected chi connectivity index (χ0v) is 12.1. The number of nitrogens with one attached hydrogen (secondary N) is 1. The second-order valence-corrected chi connectivity index (χ2v) is 7.32. The highest BCUT2D eigenvalue weighted by Gasteiger charge is 2.20. The summed E-state index contributed by atoms with van der Waals surface area (Å²) in [5.41, 5.74) is -0.490. The Labute approximate surface area is 123 Å². The van der Waals surface area contributed by atoms with E-state index in [1.165, 1.54) is 12.1 Å². The van der Waals surface area contributed by atoms with Gasteiger partial charge in [0.2, 0.25) is 0 Å². The van der Waals surface area contributed by atoms with Gasteiger partial charge in [-0.15, -0.1) is 11.3 Å². The van der Waals surface area contributed by atoms with Gasteiger partial charge in [-0.05, 0) is 24.3 Å². The Morgan fingerprint density at radius 1 is 1.25 bits per heavy atom. The van der Waals surface area contributed by atoms with Crippen LogP contribution in [-0.4, -0.2) is 24.6 Å². The van der Waals surface area contributed by atoms with Gasteiger partial charge >= 0.3 is 5.97 Å². The number of phenols is 1. The molecule has 1 aromatic carbocycles. The minimum atomic E-state index is -3.96. The fourth-order valence-electron chi connectivity index (χ4n) is 1.44. The number of benzene rings is 1. The normalized spacial score (nSPS) is 11.2. The number of hydrogen-bond donors (Lipinski definition) is 3. The number of aromatic hydroxyl groups is 1. The molecule has 6 nitrogen and oxygen atoms in total. The molecule has 1 aromatic heterocycles. The Hall–Kier alpha value is -1.77. The molecule has 0 aliphatic rings. The van der Waals surface area contributed by atoms with Crippen LogP contribution in [0.2, 0.25) is 4.34 Å². The van der Waals surface area contributed by atoms with Gasteiger partial charge in [-0.2, -0.15) is 0 Å². The zero-order chi connectivity index (χ0) is 14.9. The zero-order valence-electron chi connectivity index (χ0n) is 9.70. The van der Waals surface area contributed by atoms with E-state index in [1.807, 2.05) is 0 Å². The summed E-state index contributed by atoms with van der Waals surface area (Å²) in [5.74, 6) is -1.57. The number of anilines is 1. The van der Waals surface area contributed by atoms with Crippen LogP contribution >= 0.6 is 22.9 Å². The maximum absolute atomic E-state index is 12.1. The summed E-state index contributed by atoms with van der Waals surface area (Å²) in [5, 5.41) is 18.3. The number of aromatic carboxylic acids is 1. The SMILES string of the molecule is O=C(O)c1ccc(O)cc1NS(=O)(=O)c1ccc(Cl)s1. The molecule has 0 aliphatic heterocycles. The quantitative estimate of drug-likeness (QED) is 0.797. The summed E-state index contributed by atoms with van der Waals surface area (Å²) < 4.78 is 26.5. The van der Waals surface area contributed by atoms with E-state index in [9.17, 15) is 18.3 Å². The van der Waals surface area contributed by atoms with Crippen molar-refractivity contribution < 1.29 is 23.4 Å². The summed E-state index contributed by atoms with van der Waals surface area (Å²) in [4.78, 5) is 11.0. The minimum Gasteiger partial charge on any atom is -0.508 e. The third-order valence-electron chi connectivity index (χ3n) is 2.29. The van der Waals surface area contributed by atoms with Gasteiger partial charge in [-0.25, -0.2) is 13.2 Å². The van der Waals surface area contributed by atoms with Crippen molar-refractivity contribution in [3.8, 4) is 5.75 Å². The monoisotopic (exact) mass is 333 g/mol. The molecule has 0 spiro atoms. The highest BCUT2D eigenvalue weighted by atomic mass is 35.5. The smallest absolute Gasteiger partial charge is 0.337 e. The first-order chi connectivity index (χ1) is 9.29. The maximum atomic E-state index is 12.1. The topological polar surface area (TPSA) is 104 Å². The van der Waals surface area contributed by atoms with E-state index < -0.39 is 16.0 Å². The standard InChI is InChI=1S/C11H8ClNO5S2/c12-9-3-4-10(19-9)20(17,18)13-8-5-6(14)1-2-7(8)11(15)16/h1-5,13-14H,(H,15,16). The molecule has 0 atom stereocenters. The maximum Gasteiger partial charge on any atom is 0.337 e. The molecular formula is C11H8ClNO5S2. The first kappa shape index (κ1) is 14.6. The van der Waals surface area contributed by atoms with Gasteiger partial charge in [0.25, 0.3) is 10.0 Å². The van der Waals surface area contributed by atoms with Crippen LogP contribution in [0.1, 0.15) is 10.4 Å². The van der Waals surface area contributed by atoms with Crippen LogP contribution < -0.4 is 4.72 Å². The van der Waals surface area contributed by atoms with Crippen LogP contribution in [0.3, 0.4) is 0 Å².